The molecule has 0 spiro atoms. The van der Waals surface area contributed by atoms with E-state index in [1.807, 2.05) is 0 Å². The topological polar surface area (TPSA) is 24.5 Å². The highest BCUT2D eigenvalue weighted by atomic mass is 16.5. The first-order chi connectivity index (χ1) is 8.33. The Labute approximate surface area is 106 Å². The van der Waals surface area contributed by atoms with Crippen molar-refractivity contribution in [3.63, 3.8) is 0 Å². The zero-order valence-electron chi connectivity index (χ0n) is 11.5. The van der Waals surface area contributed by atoms with Gasteiger partial charge < -0.3 is 10.1 Å². The minimum atomic E-state index is 0.497. The van der Waals surface area contributed by atoms with E-state index in [0.717, 1.165) is 32.2 Å². The summed E-state index contributed by atoms with van der Waals surface area (Å²) in [6.07, 6.45) is 5.86. The molecule has 0 radical (unpaired) electrons. The molecule has 0 aromatic heterocycles. The molecule has 100 valence electrons. The molecule has 1 aliphatic heterocycles. The molecule has 2 unspecified atom stereocenters. The lowest BCUT2D eigenvalue weighted by atomic mass is 10.1. The van der Waals surface area contributed by atoms with Gasteiger partial charge in [-0.15, -0.1) is 0 Å². The number of nitrogens with one attached hydrogen (secondary N) is 1. The van der Waals surface area contributed by atoms with Crippen molar-refractivity contribution in [3.05, 3.63) is 0 Å². The first-order valence-corrected chi connectivity index (χ1v) is 7.40. The Morgan fingerprint density at radius 2 is 2.12 bits per heavy atom. The van der Waals surface area contributed by atoms with Crippen LogP contribution in [0.25, 0.3) is 0 Å². The number of hydrogen-bond acceptors (Lipinski definition) is 3. The van der Waals surface area contributed by atoms with E-state index in [-0.39, 0.29) is 0 Å². The van der Waals surface area contributed by atoms with Gasteiger partial charge >= 0.3 is 0 Å². The average molecular weight is 240 g/mol. The third kappa shape index (κ3) is 4.23. The van der Waals surface area contributed by atoms with Crippen LogP contribution in [0.1, 0.15) is 39.5 Å². The van der Waals surface area contributed by atoms with Crippen LogP contribution < -0.4 is 5.32 Å². The third-order valence-corrected chi connectivity index (χ3v) is 4.05. The van der Waals surface area contributed by atoms with Crippen molar-refractivity contribution >= 4 is 0 Å². The van der Waals surface area contributed by atoms with E-state index in [4.69, 9.17) is 4.74 Å². The highest BCUT2D eigenvalue weighted by Gasteiger charge is 2.32. The molecule has 0 bridgehead atoms. The summed E-state index contributed by atoms with van der Waals surface area (Å²) < 4.78 is 5.74. The van der Waals surface area contributed by atoms with Crippen LogP contribution in [0.15, 0.2) is 0 Å². The van der Waals surface area contributed by atoms with Crippen LogP contribution >= 0.6 is 0 Å². The third-order valence-electron chi connectivity index (χ3n) is 4.05. The lowest BCUT2D eigenvalue weighted by Gasteiger charge is -2.28. The van der Waals surface area contributed by atoms with Gasteiger partial charge in [0.1, 0.15) is 0 Å². The van der Waals surface area contributed by atoms with Crippen molar-refractivity contribution in [3.8, 4) is 0 Å². The number of ether oxygens (including phenoxy) is 1. The van der Waals surface area contributed by atoms with Crippen LogP contribution in [-0.4, -0.2) is 49.8 Å². The molecule has 1 saturated heterocycles. The number of nitrogens with zero attached hydrogens (tertiary/aromatic N) is 1. The fourth-order valence-corrected chi connectivity index (χ4v) is 2.83. The predicted octanol–water partition coefficient (Wildman–Crippen LogP) is 1.88. The van der Waals surface area contributed by atoms with Gasteiger partial charge in [0, 0.05) is 25.7 Å². The predicted molar refractivity (Wildman–Crippen MR) is 71.3 cm³/mol. The molecule has 0 amide bonds. The van der Waals surface area contributed by atoms with E-state index < -0.39 is 0 Å². The van der Waals surface area contributed by atoms with E-state index in [2.05, 4.69) is 24.1 Å². The molecule has 17 heavy (non-hydrogen) atoms. The molecule has 2 fully saturated rings. The Morgan fingerprint density at radius 1 is 1.29 bits per heavy atom. The maximum atomic E-state index is 5.74. The Hall–Kier alpha value is -0.120. The second kappa shape index (κ2) is 6.72. The maximum absolute atomic E-state index is 5.74. The summed E-state index contributed by atoms with van der Waals surface area (Å²) in [7, 11) is 0. The second-order valence-electron chi connectivity index (χ2n) is 5.49. The van der Waals surface area contributed by atoms with Crippen LogP contribution in [0.3, 0.4) is 0 Å². The zero-order chi connectivity index (χ0) is 12.1. The molecule has 0 aromatic carbocycles. The fraction of sp³-hybridized carbons (Fsp3) is 1.00. The van der Waals surface area contributed by atoms with Gasteiger partial charge in [0.05, 0.1) is 6.10 Å². The summed E-state index contributed by atoms with van der Waals surface area (Å²) >= 11 is 0. The number of hydrogen-bond donors (Lipinski definition) is 1. The maximum Gasteiger partial charge on any atom is 0.0702 e. The largest absolute Gasteiger partial charge is 0.377 e. The van der Waals surface area contributed by atoms with E-state index in [1.165, 1.54) is 32.2 Å². The van der Waals surface area contributed by atoms with Gasteiger partial charge in [-0.1, -0.05) is 13.8 Å². The van der Waals surface area contributed by atoms with Gasteiger partial charge in [0.15, 0.2) is 0 Å². The van der Waals surface area contributed by atoms with E-state index in [0.29, 0.717) is 12.1 Å². The van der Waals surface area contributed by atoms with Crippen LogP contribution in [0.2, 0.25) is 0 Å². The molecule has 1 N–H and O–H groups in total. The van der Waals surface area contributed by atoms with Crippen LogP contribution in [-0.2, 0) is 4.74 Å². The summed E-state index contributed by atoms with van der Waals surface area (Å²) in [6, 6.07) is 0.710. The minimum Gasteiger partial charge on any atom is -0.377 e. The molecular formula is C14H28N2O. The SMILES string of the molecule is CCNC(CN(CC)CC1CCCO1)C1CC1. The van der Waals surface area contributed by atoms with Crippen LogP contribution in [0.5, 0.6) is 0 Å². The zero-order valence-corrected chi connectivity index (χ0v) is 11.5. The molecular weight excluding hydrogens is 212 g/mol. The molecule has 1 aliphatic carbocycles. The fourth-order valence-electron chi connectivity index (χ4n) is 2.83. The molecule has 3 nitrogen and oxygen atoms in total. The van der Waals surface area contributed by atoms with Crippen LogP contribution in [0.4, 0.5) is 0 Å². The van der Waals surface area contributed by atoms with Crippen molar-refractivity contribution in [1.82, 2.24) is 10.2 Å². The first-order valence-electron chi connectivity index (χ1n) is 7.40. The summed E-state index contributed by atoms with van der Waals surface area (Å²) in [4.78, 5) is 2.57. The number of rotatable bonds is 8. The standard InChI is InChI=1S/C14H28N2O/c1-3-15-14(12-7-8-12)11-16(4-2)10-13-6-5-9-17-13/h12-15H,3-11H2,1-2H3. The highest BCUT2D eigenvalue weighted by Crippen LogP contribution is 2.33. The minimum absolute atomic E-state index is 0.497. The lowest BCUT2D eigenvalue weighted by Crippen LogP contribution is -2.44. The molecule has 2 rings (SSSR count). The number of likely N-dealkylation sites (N-methyl/N-ethyl adjacent to an activating group) is 2. The van der Waals surface area contributed by atoms with Crippen molar-refractivity contribution in [1.29, 1.82) is 0 Å². The Balaban J connectivity index is 1.75. The molecule has 1 saturated carbocycles. The molecule has 2 atom stereocenters. The smallest absolute Gasteiger partial charge is 0.0702 e. The second-order valence-corrected chi connectivity index (χ2v) is 5.49. The molecule has 2 aliphatic rings. The normalized spacial score (nSPS) is 26.6. The summed E-state index contributed by atoms with van der Waals surface area (Å²) in [6.45, 7) is 10.0. The van der Waals surface area contributed by atoms with Gasteiger partial charge in [-0.2, -0.15) is 0 Å². The van der Waals surface area contributed by atoms with Gasteiger partial charge in [0.2, 0.25) is 0 Å². The first kappa shape index (κ1) is 13.3. The average Bonchev–Trinajstić information content (AvgIpc) is 3.06. The van der Waals surface area contributed by atoms with Crippen molar-refractivity contribution in [2.45, 2.75) is 51.7 Å². The van der Waals surface area contributed by atoms with Gasteiger partial charge in [-0.3, -0.25) is 4.90 Å². The van der Waals surface area contributed by atoms with E-state index in [9.17, 15) is 0 Å². The lowest BCUT2D eigenvalue weighted by molar-refractivity contribution is 0.0706. The highest BCUT2D eigenvalue weighted by molar-refractivity contribution is 4.88. The van der Waals surface area contributed by atoms with Gasteiger partial charge in [0.25, 0.3) is 0 Å². The van der Waals surface area contributed by atoms with Crippen molar-refractivity contribution < 1.29 is 4.74 Å². The van der Waals surface area contributed by atoms with Crippen molar-refractivity contribution in [2.75, 3.05) is 32.8 Å². The summed E-state index contributed by atoms with van der Waals surface area (Å²) in [5, 5.41) is 3.65. The monoisotopic (exact) mass is 240 g/mol. The molecule has 1 heterocycles. The van der Waals surface area contributed by atoms with Gasteiger partial charge in [-0.05, 0) is 44.7 Å². The quantitative estimate of drug-likeness (QED) is 0.701. The van der Waals surface area contributed by atoms with Crippen LogP contribution in [0, 0.1) is 5.92 Å². The molecule has 3 heteroatoms. The summed E-state index contributed by atoms with van der Waals surface area (Å²) in [5.74, 6) is 0.938. The van der Waals surface area contributed by atoms with Gasteiger partial charge in [-0.25, -0.2) is 0 Å². The van der Waals surface area contributed by atoms with E-state index in [1.54, 1.807) is 0 Å². The Bertz CT molecular complexity index is 212. The van der Waals surface area contributed by atoms with Crippen molar-refractivity contribution in [2.24, 2.45) is 5.92 Å². The Morgan fingerprint density at radius 3 is 2.65 bits per heavy atom. The molecule has 0 aromatic rings. The Kier molecular flexibility index (Phi) is 5.26. The summed E-state index contributed by atoms with van der Waals surface area (Å²) in [5.41, 5.74) is 0. The van der Waals surface area contributed by atoms with E-state index >= 15 is 0 Å².